The molecule has 2 N–H and O–H groups in total. The molecule has 3 aromatic rings. The Balaban J connectivity index is 2.47. The van der Waals surface area contributed by atoms with Gasteiger partial charge < -0.3 is 5.73 Å². The molecule has 19 heavy (non-hydrogen) atoms. The van der Waals surface area contributed by atoms with Crippen LogP contribution >= 0.6 is 15.9 Å². The molecule has 3 heteroatoms. The summed E-state index contributed by atoms with van der Waals surface area (Å²) in [6, 6.07) is 12.5. The summed E-state index contributed by atoms with van der Waals surface area (Å²) in [5.74, 6) is 1.01. The van der Waals surface area contributed by atoms with Gasteiger partial charge in [0.25, 0.3) is 0 Å². The van der Waals surface area contributed by atoms with Gasteiger partial charge in [-0.1, -0.05) is 54.0 Å². The summed E-state index contributed by atoms with van der Waals surface area (Å²) in [6.45, 7) is 4.27. The molecule has 2 nitrogen and oxygen atoms in total. The molecule has 0 spiro atoms. The molecule has 0 saturated carbocycles. The Labute approximate surface area is 120 Å². The summed E-state index contributed by atoms with van der Waals surface area (Å²) >= 11 is 3.64. The third kappa shape index (κ3) is 1.98. The lowest BCUT2D eigenvalue weighted by molar-refractivity contribution is 0.866. The van der Waals surface area contributed by atoms with E-state index in [-0.39, 0.29) is 0 Å². The maximum absolute atomic E-state index is 6.09. The molecule has 0 unspecified atom stereocenters. The van der Waals surface area contributed by atoms with Crippen LogP contribution in [0.15, 0.2) is 40.9 Å². The van der Waals surface area contributed by atoms with Crippen molar-refractivity contribution in [2.75, 3.05) is 5.73 Å². The highest BCUT2D eigenvalue weighted by Gasteiger charge is 2.11. The molecule has 0 fully saturated rings. The number of hydrogen-bond acceptors (Lipinski definition) is 2. The smallest absolute Gasteiger partial charge is 0.127 e. The van der Waals surface area contributed by atoms with Crippen LogP contribution in [0, 0.1) is 0 Å². The van der Waals surface area contributed by atoms with Gasteiger partial charge in [0.15, 0.2) is 0 Å². The first-order chi connectivity index (χ1) is 9.08. The van der Waals surface area contributed by atoms with Gasteiger partial charge in [0.1, 0.15) is 5.82 Å². The third-order valence-electron chi connectivity index (χ3n) is 3.46. The van der Waals surface area contributed by atoms with Crippen molar-refractivity contribution < 1.29 is 0 Å². The SMILES string of the molecule is CC(C)c1cc2cc(Br)c3ccccc3c2nc1N. The normalized spacial score (nSPS) is 11.6. The van der Waals surface area contributed by atoms with Crippen LogP contribution in [0.3, 0.4) is 0 Å². The monoisotopic (exact) mass is 314 g/mol. The zero-order valence-corrected chi connectivity index (χ0v) is 12.5. The third-order valence-corrected chi connectivity index (χ3v) is 4.11. The Kier molecular flexibility index (Phi) is 2.94. The summed E-state index contributed by atoms with van der Waals surface area (Å²) in [5, 5.41) is 3.43. The van der Waals surface area contributed by atoms with Gasteiger partial charge in [0, 0.05) is 15.2 Å². The number of nitrogen functional groups attached to an aromatic ring is 1. The molecule has 0 atom stereocenters. The summed E-state index contributed by atoms with van der Waals surface area (Å²) in [7, 11) is 0. The van der Waals surface area contributed by atoms with Gasteiger partial charge in [0.05, 0.1) is 5.52 Å². The van der Waals surface area contributed by atoms with Crippen molar-refractivity contribution in [2.45, 2.75) is 19.8 Å². The molecule has 1 aromatic heterocycles. The molecule has 96 valence electrons. The number of pyridine rings is 1. The van der Waals surface area contributed by atoms with E-state index in [1.807, 2.05) is 12.1 Å². The van der Waals surface area contributed by atoms with Gasteiger partial charge in [-0.2, -0.15) is 0 Å². The number of aromatic nitrogens is 1. The molecular formula is C16H15BrN2. The van der Waals surface area contributed by atoms with Crippen LogP contribution in [-0.2, 0) is 0 Å². The van der Waals surface area contributed by atoms with E-state index < -0.39 is 0 Å². The van der Waals surface area contributed by atoms with E-state index in [0.717, 1.165) is 26.3 Å². The lowest BCUT2D eigenvalue weighted by Gasteiger charge is -2.12. The number of halogens is 1. The Bertz CT molecular complexity index is 778. The highest BCUT2D eigenvalue weighted by Crippen LogP contribution is 2.33. The minimum Gasteiger partial charge on any atom is -0.383 e. The predicted molar refractivity (Wildman–Crippen MR) is 85.5 cm³/mol. The summed E-state index contributed by atoms with van der Waals surface area (Å²) in [4.78, 5) is 4.62. The van der Waals surface area contributed by atoms with E-state index in [2.05, 4.69) is 59.0 Å². The van der Waals surface area contributed by atoms with Crippen molar-refractivity contribution in [1.82, 2.24) is 4.98 Å². The van der Waals surface area contributed by atoms with Gasteiger partial charge in [-0.15, -0.1) is 0 Å². The second-order valence-electron chi connectivity index (χ2n) is 5.09. The average molecular weight is 315 g/mol. The van der Waals surface area contributed by atoms with Crippen molar-refractivity contribution in [3.63, 3.8) is 0 Å². The van der Waals surface area contributed by atoms with Gasteiger partial charge in [-0.3, -0.25) is 0 Å². The van der Waals surface area contributed by atoms with E-state index in [9.17, 15) is 0 Å². The maximum atomic E-state index is 6.09. The van der Waals surface area contributed by atoms with E-state index in [4.69, 9.17) is 5.73 Å². The fourth-order valence-corrected chi connectivity index (χ4v) is 3.05. The highest BCUT2D eigenvalue weighted by molar-refractivity contribution is 9.10. The zero-order valence-electron chi connectivity index (χ0n) is 10.9. The van der Waals surface area contributed by atoms with Gasteiger partial charge in [0.2, 0.25) is 0 Å². The van der Waals surface area contributed by atoms with Crippen LogP contribution in [-0.4, -0.2) is 4.98 Å². The van der Waals surface area contributed by atoms with Crippen LogP contribution in [0.1, 0.15) is 25.3 Å². The van der Waals surface area contributed by atoms with Gasteiger partial charge in [-0.25, -0.2) is 4.98 Å². The molecule has 0 amide bonds. The van der Waals surface area contributed by atoms with E-state index in [1.54, 1.807) is 0 Å². The van der Waals surface area contributed by atoms with E-state index >= 15 is 0 Å². The number of nitrogens with zero attached hydrogens (tertiary/aromatic N) is 1. The molecule has 3 rings (SSSR count). The molecule has 0 aliphatic carbocycles. The summed E-state index contributed by atoms with van der Waals surface area (Å²) in [5.41, 5.74) is 8.17. The molecule has 0 radical (unpaired) electrons. The first-order valence-electron chi connectivity index (χ1n) is 6.35. The zero-order chi connectivity index (χ0) is 13.6. The Morgan fingerprint density at radius 3 is 2.47 bits per heavy atom. The first-order valence-corrected chi connectivity index (χ1v) is 7.14. The van der Waals surface area contributed by atoms with Crippen LogP contribution in [0.2, 0.25) is 0 Å². The van der Waals surface area contributed by atoms with E-state index in [1.165, 1.54) is 5.39 Å². The largest absolute Gasteiger partial charge is 0.383 e. The van der Waals surface area contributed by atoms with Crippen molar-refractivity contribution in [3.05, 3.63) is 46.4 Å². The Morgan fingerprint density at radius 1 is 1.11 bits per heavy atom. The number of benzene rings is 2. The lowest BCUT2D eigenvalue weighted by atomic mass is 9.99. The fraction of sp³-hybridized carbons (Fsp3) is 0.188. The predicted octanol–water partition coefficient (Wildman–Crippen LogP) is 4.86. The van der Waals surface area contributed by atoms with Gasteiger partial charge >= 0.3 is 0 Å². The van der Waals surface area contributed by atoms with Gasteiger partial charge in [-0.05, 0) is 29.0 Å². The number of hydrogen-bond donors (Lipinski definition) is 1. The fourth-order valence-electron chi connectivity index (χ4n) is 2.46. The Morgan fingerprint density at radius 2 is 1.79 bits per heavy atom. The highest BCUT2D eigenvalue weighted by atomic mass is 79.9. The number of fused-ring (bicyclic) bond motifs is 3. The number of rotatable bonds is 1. The first kappa shape index (κ1) is 12.4. The van der Waals surface area contributed by atoms with Crippen LogP contribution in [0.25, 0.3) is 21.7 Å². The number of anilines is 1. The number of nitrogens with two attached hydrogens (primary N) is 1. The topological polar surface area (TPSA) is 38.9 Å². The summed E-state index contributed by atoms with van der Waals surface area (Å²) < 4.78 is 1.09. The molecule has 1 heterocycles. The maximum Gasteiger partial charge on any atom is 0.127 e. The Hall–Kier alpha value is -1.61. The second-order valence-corrected chi connectivity index (χ2v) is 5.95. The molecular weight excluding hydrogens is 300 g/mol. The minimum absolute atomic E-state index is 0.377. The van der Waals surface area contributed by atoms with E-state index in [0.29, 0.717) is 11.7 Å². The van der Waals surface area contributed by atoms with Crippen LogP contribution < -0.4 is 5.73 Å². The van der Waals surface area contributed by atoms with Crippen molar-refractivity contribution >= 4 is 43.4 Å². The lowest BCUT2D eigenvalue weighted by Crippen LogP contribution is -2.00. The summed E-state index contributed by atoms with van der Waals surface area (Å²) in [6.07, 6.45) is 0. The molecule has 0 aliphatic rings. The molecule has 2 aromatic carbocycles. The van der Waals surface area contributed by atoms with Crippen molar-refractivity contribution in [3.8, 4) is 0 Å². The van der Waals surface area contributed by atoms with Crippen molar-refractivity contribution in [1.29, 1.82) is 0 Å². The standard InChI is InChI=1S/C16H15BrN2/c1-9(2)13-7-10-8-14(17)11-5-3-4-6-12(11)15(10)19-16(13)18/h3-9H,1-2H3,(H2,18,19). The average Bonchev–Trinajstić information content (AvgIpc) is 2.39. The molecule has 0 bridgehead atoms. The quantitative estimate of drug-likeness (QED) is 0.652. The van der Waals surface area contributed by atoms with Crippen LogP contribution in [0.4, 0.5) is 5.82 Å². The van der Waals surface area contributed by atoms with Crippen LogP contribution in [0.5, 0.6) is 0 Å². The van der Waals surface area contributed by atoms with Crippen molar-refractivity contribution in [2.24, 2.45) is 0 Å². The molecule has 0 aliphatic heterocycles. The molecule has 0 saturated heterocycles. The minimum atomic E-state index is 0.377. The second kappa shape index (κ2) is 4.49.